The number of hydrogen-bond acceptors (Lipinski definition) is 5. The first-order chi connectivity index (χ1) is 17.2. The van der Waals surface area contributed by atoms with Gasteiger partial charge in [0.1, 0.15) is 12.4 Å². The van der Waals surface area contributed by atoms with E-state index in [-0.39, 0.29) is 23.2 Å². The number of rotatable bonds is 8. The molecule has 9 nitrogen and oxygen atoms in total. The molecule has 0 radical (unpaired) electrons. The standard InChI is InChI=1S/C26H33FN4O5/c1-16(11-12-24(33)34)28-23(32)15-30-25(35)19-13-20(27)21(29-17-7-3-2-4-8-17)14-22(19)31(26(30)36)18-9-5-6-10-18/h11-14,16-18,29H,2-10,15H2,1H3,(H,28,32)(H,33,34)/b12-11+/t16-/m1/s1. The molecule has 1 heterocycles. The van der Waals surface area contributed by atoms with Crippen LogP contribution in [0.5, 0.6) is 0 Å². The number of halogens is 1. The summed E-state index contributed by atoms with van der Waals surface area (Å²) in [6, 6.07) is 2.13. The van der Waals surface area contributed by atoms with Gasteiger partial charge < -0.3 is 15.7 Å². The summed E-state index contributed by atoms with van der Waals surface area (Å²) in [6.07, 6.45) is 10.8. The fourth-order valence-corrected chi connectivity index (χ4v) is 5.35. The van der Waals surface area contributed by atoms with Crippen molar-refractivity contribution < 1.29 is 19.1 Å². The Bertz CT molecular complexity index is 1290. The minimum Gasteiger partial charge on any atom is -0.478 e. The van der Waals surface area contributed by atoms with Crippen LogP contribution >= 0.6 is 0 Å². The molecule has 1 aromatic carbocycles. The molecule has 2 aliphatic carbocycles. The zero-order valence-electron chi connectivity index (χ0n) is 20.5. The van der Waals surface area contributed by atoms with Crippen LogP contribution in [-0.4, -0.2) is 38.2 Å². The summed E-state index contributed by atoms with van der Waals surface area (Å²) >= 11 is 0. The molecule has 1 atom stereocenters. The number of aliphatic carboxylic acids is 1. The highest BCUT2D eigenvalue weighted by atomic mass is 19.1. The molecule has 0 saturated heterocycles. The predicted molar refractivity (Wildman–Crippen MR) is 135 cm³/mol. The van der Waals surface area contributed by atoms with Gasteiger partial charge in [-0.1, -0.05) is 38.2 Å². The molecule has 1 aromatic heterocycles. The maximum Gasteiger partial charge on any atom is 0.332 e. The van der Waals surface area contributed by atoms with Crippen molar-refractivity contribution in [2.24, 2.45) is 0 Å². The van der Waals surface area contributed by atoms with Gasteiger partial charge in [-0.2, -0.15) is 0 Å². The van der Waals surface area contributed by atoms with Crippen molar-refractivity contribution in [3.8, 4) is 0 Å². The van der Waals surface area contributed by atoms with E-state index in [4.69, 9.17) is 5.11 Å². The second kappa shape index (κ2) is 11.1. The van der Waals surface area contributed by atoms with E-state index in [1.165, 1.54) is 18.6 Å². The Kier molecular flexibility index (Phi) is 7.91. The van der Waals surface area contributed by atoms with Gasteiger partial charge >= 0.3 is 11.7 Å². The van der Waals surface area contributed by atoms with E-state index in [2.05, 4.69) is 10.6 Å². The minimum atomic E-state index is -1.15. The maximum absolute atomic E-state index is 15.1. The summed E-state index contributed by atoms with van der Waals surface area (Å²) in [7, 11) is 0. The molecule has 2 saturated carbocycles. The molecule has 4 rings (SSSR count). The van der Waals surface area contributed by atoms with E-state index in [1.807, 2.05) is 0 Å². The highest BCUT2D eigenvalue weighted by Gasteiger charge is 2.25. The predicted octanol–water partition coefficient (Wildman–Crippen LogP) is 3.31. The van der Waals surface area contributed by atoms with Crippen molar-refractivity contribution in [1.29, 1.82) is 0 Å². The number of amides is 1. The number of carboxylic acids is 1. The van der Waals surface area contributed by atoms with Crippen LogP contribution in [0.2, 0.25) is 0 Å². The summed E-state index contributed by atoms with van der Waals surface area (Å²) in [5.74, 6) is -2.34. The number of carboxylic acid groups (broad SMARTS) is 1. The lowest BCUT2D eigenvalue weighted by Crippen LogP contribution is -2.45. The van der Waals surface area contributed by atoms with Crippen LogP contribution in [0, 0.1) is 5.82 Å². The summed E-state index contributed by atoms with van der Waals surface area (Å²) in [5.41, 5.74) is -0.657. The number of carbonyl (C=O) groups is 2. The molecule has 0 spiro atoms. The van der Waals surface area contributed by atoms with Crippen molar-refractivity contribution in [3.63, 3.8) is 0 Å². The summed E-state index contributed by atoms with van der Waals surface area (Å²) in [4.78, 5) is 50.1. The van der Waals surface area contributed by atoms with Gasteiger partial charge in [-0.15, -0.1) is 0 Å². The van der Waals surface area contributed by atoms with Crippen LogP contribution < -0.4 is 21.9 Å². The summed E-state index contributed by atoms with van der Waals surface area (Å²) in [5, 5.41) is 14.6. The van der Waals surface area contributed by atoms with Gasteiger partial charge in [-0.25, -0.2) is 14.0 Å². The number of nitrogens with zero attached hydrogens (tertiary/aromatic N) is 2. The van der Waals surface area contributed by atoms with Gasteiger partial charge in [-0.05, 0) is 44.7 Å². The van der Waals surface area contributed by atoms with Crippen molar-refractivity contribution >= 4 is 28.5 Å². The van der Waals surface area contributed by atoms with E-state index < -0.39 is 41.5 Å². The summed E-state index contributed by atoms with van der Waals surface area (Å²) in [6.45, 7) is 1.03. The molecule has 2 fully saturated rings. The van der Waals surface area contributed by atoms with E-state index in [9.17, 15) is 19.2 Å². The van der Waals surface area contributed by atoms with Gasteiger partial charge in [0.05, 0.1) is 16.6 Å². The van der Waals surface area contributed by atoms with Gasteiger partial charge in [0, 0.05) is 24.2 Å². The Labute approximate surface area is 208 Å². The average molecular weight is 501 g/mol. The van der Waals surface area contributed by atoms with Crippen molar-refractivity contribution in [1.82, 2.24) is 14.5 Å². The van der Waals surface area contributed by atoms with Gasteiger partial charge in [0.25, 0.3) is 5.56 Å². The number of benzene rings is 1. The number of fused-ring (bicyclic) bond motifs is 1. The van der Waals surface area contributed by atoms with Gasteiger partial charge in [0.15, 0.2) is 0 Å². The molecule has 0 bridgehead atoms. The molecule has 36 heavy (non-hydrogen) atoms. The highest BCUT2D eigenvalue weighted by Crippen LogP contribution is 2.32. The molecule has 194 valence electrons. The molecule has 1 amide bonds. The second-order valence-corrected chi connectivity index (χ2v) is 9.86. The molecular formula is C26H33FN4O5. The van der Waals surface area contributed by atoms with Crippen molar-refractivity contribution in [2.45, 2.75) is 89.4 Å². The molecule has 0 aliphatic heterocycles. The minimum absolute atomic E-state index is 0.0554. The zero-order valence-corrected chi connectivity index (χ0v) is 20.5. The van der Waals surface area contributed by atoms with Crippen molar-refractivity contribution in [3.05, 3.63) is 50.9 Å². The first-order valence-corrected chi connectivity index (χ1v) is 12.7. The highest BCUT2D eigenvalue weighted by molar-refractivity contribution is 5.83. The number of carbonyl (C=O) groups excluding carboxylic acids is 1. The third kappa shape index (κ3) is 5.68. The molecule has 2 aromatic rings. The number of anilines is 1. The zero-order chi connectivity index (χ0) is 25.8. The van der Waals surface area contributed by atoms with Crippen LogP contribution in [0.1, 0.15) is 70.8 Å². The fraction of sp³-hybridized carbons (Fsp3) is 0.538. The van der Waals surface area contributed by atoms with Gasteiger partial charge in [-0.3, -0.25) is 18.7 Å². The average Bonchev–Trinajstić information content (AvgIpc) is 3.37. The monoisotopic (exact) mass is 500 g/mol. The van der Waals surface area contributed by atoms with Crippen molar-refractivity contribution in [2.75, 3.05) is 5.32 Å². The molecule has 3 N–H and O–H groups in total. The Morgan fingerprint density at radius 3 is 2.44 bits per heavy atom. The topological polar surface area (TPSA) is 122 Å². The van der Waals surface area contributed by atoms with E-state index in [0.717, 1.165) is 62.0 Å². The molecule has 0 unspecified atom stereocenters. The molecule has 2 aliphatic rings. The van der Waals surface area contributed by atoms with Crippen LogP contribution in [0.25, 0.3) is 10.9 Å². The lowest BCUT2D eigenvalue weighted by Gasteiger charge is -2.25. The Morgan fingerprint density at radius 1 is 1.11 bits per heavy atom. The summed E-state index contributed by atoms with van der Waals surface area (Å²) < 4.78 is 17.5. The second-order valence-electron chi connectivity index (χ2n) is 9.86. The Morgan fingerprint density at radius 2 is 1.78 bits per heavy atom. The lowest BCUT2D eigenvalue weighted by molar-refractivity contribution is -0.131. The SMILES string of the molecule is C[C@H](/C=C/C(=O)O)NC(=O)Cn1c(=O)c2cc(F)c(NC3CCCCC3)cc2n(C2CCCC2)c1=O. The largest absolute Gasteiger partial charge is 0.478 e. The van der Waals surface area contributed by atoms with Crippen LogP contribution in [0.3, 0.4) is 0 Å². The normalized spacial score (nSPS) is 18.1. The quantitative estimate of drug-likeness (QED) is 0.478. The number of nitrogens with one attached hydrogen (secondary N) is 2. The number of aromatic nitrogens is 2. The molecular weight excluding hydrogens is 467 g/mol. The number of hydrogen-bond donors (Lipinski definition) is 3. The first kappa shape index (κ1) is 25.7. The molecule has 10 heteroatoms. The fourth-order valence-electron chi connectivity index (χ4n) is 5.35. The lowest BCUT2D eigenvalue weighted by atomic mass is 9.95. The van der Waals surface area contributed by atoms with Crippen LogP contribution in [0.15, 0.2) is 33.9 Å². The van der Waals surface area contributed by atoms with Crippen LogP contribution in [0.4, 0.5) is 10.1 Å². The maximum atomic E-state index is 15.1. The third-order valence-corrected chi connectivity index (χ3v) is 7.13. The van der Waals surface area contributed by atoms with E-state index >= 15 is 4.39 Å². The smallest absolute Gasteiger partial charge is 0.332 e. The van der Waals surface area contributed by atoms with Gasteiger partial charge in [0.2, 0.25) is 5.91 Å². The van der Waals surface area contributed by atoms with E-state index in [0.29, 0.717) is 5.52 Å². The van der Waals surface area contributed by atoms with Crippen LogP contribution in [-0.2, 0) is 16.1 Å². The van der Waals surface area contributed by atoms with E-state index in [1.54, 1.807) is 17.6 Å². The Balaban J connectivity index is 1.73. The first-order valence-electron chi connectivity index (χ1n) is 12.7. The Hall–Kier alpha value is -3.43. The third-order valence-electron chi connectivity index (χ3n) is 7.13.